The van der Waals surface area contributed by atoms with Gasteiger partial charge >= 0.3 is 0 Å². The molecule has 0 radical (unpaired) electrons. The molecule has 2 unspecified atom stereocenters. The highest BCUT2D eigenvalue weighted by atomic mass is 32.2. The zero-order valence-corrected chi connectivity index (χ0v) is 10.7. The van der Waals surface area contributed by atoms with E-state index in [1.807, 2.05) is 24.2 Å². The van der Waals surface area contributed by atoms with Crippen LogP contribution in [0.1, 0.15) is 32.6 Å². The molecule has 3 heteroatoms. The molecule has 16 heavy (non-hydrogen) atoms. The van der Waals surface area contributed by atoms with Gasteiger partial charge in [0.2, 0.25) is 0 Å². The molecule has 1 aliphatic rings. The summed E-state index contributed by atoms with van der Waals surface area (Å²) >= 11 is 2.01. The highest BCUT2D eigenvalue weighted by Crippen LogP contribution is 2.33. The molecule has 2 rings (SSSR count). The third-order valence-corrected chi connectivity index (χ3v) is 4.38. The fraction of sp³-hybridized carbons (Fsp3) is 0.615. The minimum atomic E-state index is 0.734. The van der Waals surface area contributed by atoms with E-state index in [1.165, 1.54) is 30.6 Å². The predicted octanol–water partition coefficient (Wildman–Crippen LogP) is 3.09. The number of hydrogen-bond donors (Lipinski definition) is 1. The van der Waals surface area contributed by atoms with Crippen molar-refractivity contribution in [3.8, 4) is 0 Å². The lowest BCUT2D eigenvalue weighted by molar-refractivity contribution is 0.388. The summed E-state index contributed by atoms with van der Waals surface area (Å²) in [6.45, 7) is 3.29. The van der Waals surface area contributed by atoms with Crippen LogP contribution in [0.15, 0.2) is 29.4 Å². The van der Waals surface area contributed by atoms with Crippen LogP contribution in [0.4, 0.5) is 0 Å². The largest absolute Gasteiger partial charge is 0.314 e. The molecule has 0 aromatic carbocycles. The van der Waals surface area contributed by atoms with Crippen LogP contribution in [0.5, 0.6) is 0 Å². The minimum Gasteiger partial charge on any atom is -0.314 e. The van der Waals surface area contributed by atoms with Crippen LogP contribution < -0.4 is 5.32 Å². The molecular weight excluding hydrogens is 216 g/mol. The maximum atomic E-state index is 4.06. The Bertz CT molecular complexity index is 300. The van der Waals surface area contributed by atoms with Crippen molar-refractivity contribution >= 4 is 11.8 Å². The van der Waals surface area contributed by atoms with Crippen molar-refractivity contribution in [3.05, 3.63) is 24.5 Å². The number of thioether (sulfide) groups is 1. The maximum Gasteiger partial charge on any atom is 0.0278 e. The highest BCUT2D eigenvalue weighted by molar-refractivity contribution is 8.00. The molecular formula is C13H20N2S. The molecule has 1 aliphatic carbocycles. The second-order valence-electron chi connectivity index (χ2n) is 4.34. The molecule has 1 N–H and O–H groups in total. The molecule has 88 valence electrons. The second kappa shape index (κ2) is 6.26. The SMILES string of the molecule is CCNC1CCCC(Sc2ccncc2)C1. The van der Waals surface area contributed by atoms with Crippen LogP contribution >= 0.6 is 11.8 Å². The smallest absolute Gasteiger partial charge is 0.0278 e. The van der Waals surface area contributed by atoms with Gasteiger partial charge in [-0.2, -0.15) is 0 Å². The molecule has 1 saturated carbocycles. The van der Waals surface area contributed by atoms with E-state index < -0.39 is 0 Å². The van der Waals surface area contributed by atoms with Crippen LogP contribution in [0, 0.1) is 0 Å². The fourth-order valence-electron chi connectivity index (χ4n) is 2.34. The van der Waals surface area contributed by atoms with Crippen LogP contribution in [0.3, 0.4) is 0 Å². The van der Waals surface area contributed by atoms with Gasteiger partial charge < -0.3 is 5.32 Å². The van der Waals surface area contributed by atoms with Crippen molar-refractivity contribution in [1.82, 2.24) is 10.3 Å². The maximum absolute atomic E-state index is 4.06. The topological polar surface area (TPSA) is 24.9 Å². The first-order valence-electron chi connectivity index (χ1n) is 6.18. The van der Waals surface area contributed by atoms with E-state index in [0.29, 0.717) is 0 Å². The summed E-state index contributed by atoms with van der Waals surface area (Å²) in [5, 5.41) is 4.35. The number of aromatic nitrogens is 1. The summed E-state index contributed by atoms with van der Waals surface area (Å²) in [7, 11) is 0. The molecule has 2 atom stereocenters. The summed E-state index contributed by atoms with van der Waals surface area (Å²) in [6.07, 6.45) is 9.14. The molecule has 0 aliphatic heterocycles. The third-order valence-electron chi connectivity index (χ3n) is 3.07. The van der Waals surface area contributed by atoms with Gasteiger partial charge in [0.05, 0.1) is 0 Å². The molecule has 0 saturated heterocycles. The van der Waals surface area contributed by atoms with Crippen molar-refractivity contribution in [3.63, 3.8) is 0 Å². The molecule has 0 spiro atoms. The first kappa shape index (κ1) is 11.9. The van der Waals surface area contributed by atoms with Gasteiger partial charge in [0.15, 0.2) is 0 Å². The van der Waals surface area contributed by atoms with Crippen LogP contribution in [0.25, 0.3) is 0 Å². The van der Waals surface area contributed by atoms with Crippen LogP contribution in [-0.4, -0.2) is 22.8 Å². The Hall–Kier alpha value is -0.540. The fourth-order valence-corrected chi connectivity index (χ4v) is 3.61. The zero-order valence-electron chi connectivity index (χ0n) is 9.86. The van der Waals surface area contributed by atoms with Gasteiger partial charge in [-0.1, -0.05) is 13.3 Å². The lowest BCUT2D eigenvalue weighted by atomic mass is 9.95. The number of pyridine rings is 1. The van der Waals surface area contributed by atoms with Crippen molar-refractivity contribution < 1.29 is 0 Å². The predicted molar refractivity (Wildman–Crippen MR) is 69.8 cm³/mol. The van der Waals surface area contributed by atoms with Gasteiger partial charge in [-0.25, -0.2) is 0 Å². The van der Waals surface area contributed by atoms with Gasteiger partial charge in [-0.15, -0.1) is 11.8 Å². The summed E-state index contributed by atoms with van der Waals surface area (Å²) in [6, 6.07) is 4.96. The van der Waals surface area contributed by atoms with E-state index >= 15 is 0 Å². The zero-order chi connectivity index (χ0) is 11.2. The Kier molecular flexibility index (Phi) is 4.67. The van der Waals surface area contributed by atoms with Gasteiger partial charge in [-0.3, -0.25) is 4.98 Å². The first-order valence-corrected chi connectivity index (χ1v) is 7.06. The van der Waals surface area contributed by atoms with E-state index in [0.717, 1.165) is 17.8 Å². The Labute approximate surface area is 102 Å². The van der Waals surface area contributed by atoms with Gasteiger partial charge in [0, 0.05) is 28.6 Å². The lowest BCUT2D eigenvalue weighted by Gasteiger charge is -2.29. The Morgan fingerprint density at radius 2 is 2.19 bits per heavy atom. The van der Waals surface area contributed by atoms with Crippen molar-refractivity contribution in [2.75, 3.05) is 6.54 Å². The standard InChI is InChI=1S/C13H20N2S/c1-2-15-11-4-3-5-13(10-11)16-12-6-8-14-9-7-12/h6-9,11,13,15H,2-5,10H2,1H3. The number of nitrogens with zero attached hydrogens (tertiary/aromatic N) is 1. The molecule has 0 amide bonds. The number of rotatable bonds is 4. The second-order valence-corrected chi connectivity index (χ2v) is 5.72. The van der Waals surface area contributed by atoms with E-state index in [1.54, 1.807) is 0 Å². The summed E-state index contributed by atoms with van der Waals surface area (Å²) in [5.41, 5.74) is 0. The van der Waals surface area contributed by atoms with E-state index in [9.17, 15) is 0 Å². The molecule has 1 aromatic rings. The van der Waals surface area contributed by atoms with Crippen molar-refractivity contribution in [2.45, 2.75) is 48.8 Å². The van der Waals surface area contributed by atoms with Gasteiger partial charge in [-0.05, 0) is 37.9 Å². The van der Waals surface area contributed by atoms with E-state index in [2.05, 4.69) is 29.4 Å². The van der Waals surface area contributed by atoms with Gasteiger partial charge in [0.1, 0.15) is 0 Å². The monoisotopic (exact) mass is 236 g/mol. The lowest BCUT2D eigenvalue weighted by Crippen LogP contribution is -2.34. The molecule has 1 fully saturated rings. The van der Waals surface area contributed by atoms with E-state index in [4.69, 9.17) is 0 Å². The number of hydrogen-bond acceptors (Lipinski definition) is 3. The van der Waals surface area contributed by atoms with Crippen LogP contribution in [-0.2, 0) is 0 Å². The third kappa shape index (κ3) is 3.49. The Morgan fingerprint density at radius 3 is 2.94 bits per heavy atom. The molecule has 0 bridgehead atoms. The highest BCUT2D eigenvalue weighted by Gasteiger charge is 2.21. The number of nitrogens with one attached hydrogen (secondary N) is 1. The van der Waals surface area contributed by atoms with E-state index in [-0.39, 0.29) is 0 Å². The summed E-state index contributed by atoms with van der Waals surface area (Å²) < 4.78 is 0. The first-order chi connectivity index (χ1) is 7.88. The minimum absolute atomic E-state index is 0.734. The average molecular weight is 236 g/mol. The normalized spacial score (nSPS) is 25.6. The average Bonchev–Trinajstić information content (AvgIpc) is 2.31. The molecule has 1 heterocycles. The van der Waals surface area contributed by atoms with Crippen LogP contribution in [0.2, 0.25) is 0 Å². The Morgan fingerprint density at radius 1 is 1.38 bits per heavy atom. The quantitative estimate of drug-likeness (QED) is 0.869. The molecule has 2 nitrogen and oxygen atoms in total. The van der Waals surface area contributed by atoms with Crippen molar-refractivity contribution in [1.29, 1.82) is 0 Å². The van der Waals surface area contributed by atoms with Gasteiger partial charge in [0.25, 0.3) is 0 Å². The summed E-state index contributed by atoms with van der Waals surface area (Å²) in [5.74, 6) is 0. The summed E-state index contributed by atoms with van der Waals surface area (Å²) in [4.78, 5) is 5.42. The van der Waals surface area contributed by atoms with Crippen molar-refractivity contribution in [2.24, 2.45) is 0 Å². The molecule has 1 aromatic heterocycles. The Balaban J connectivity index is 1.85.